The molecule has 1 aliphatic rings. The van der Waals surface area contributed by atoms with Crippen molar-refractivity contribution in [3.63, 3.8) is 0 Å². The van der Waals surface area contributed by atoms with Crippen molar-refractivity contribution in [2.75, 3.05) is 6.54 Å². The van der Waals surface area contributed by atoms with Gasteiger partial charge in [-0.15, -0.1) is 0 Å². The van der Waals surface area contributed by atoms with Crippen molar-refractivity contribution >= 4 is 6.09 Å². The molecule has 0 heterocycles. The lowest BCUT2D eigenvalue weighted by Gasteiger charge is -2.10. The summed E-state index contributed by atoms with van der Waals surface area (Å²) < 4.78 is 4.71. The largest absolute Gasteiger partial charge is 0.442 e. The Balaban J connectivity index is 2.33. The molecule has 1 amide bonds. The van der Waals surface area contributed by atoms with E-state index in [2.05, 4.69) is 0 Å². The highest BCUT2D eigenvalue weighted by Gasteiger charge is 2.45. The molecule has 0 unspecified atom stereocenters. The highest BCUT2D eigenvalue weighted by molar-refractivity contribution is 5.65. The van der Waals surface area contributed by atoms with Gasteiger partial charge in [0.1, 0.15) is 5.60 Å². The van der Waals surface area contributed by atoms with Gasteiger partial charge < -0.3 is 16.2 Å². The lowest BCUT2D eigenvalue weighted by atomic mass is 10.3. The van der Waals surface area contributed by atoms with Crippen LogP contribution in [0.3, 0.4) is 0 Å². The number of hydrogen-bond donors (Lipinski definition) is 2. The Hall–Kier alpha value is -0.770. The molecule has 0 aliphatic heterocycles. The summed E-state index contributed by atoms with van der Waals surface area (Å²) in [5.41, 5.74) is 9.68. The molecule has 9 heavy (non-hydrogen) atoms. The van der Waals surface area contributed by atoms with Crippen LogP contribution < -0.4 is 11.5 Å². The third-order valence-corrected chi connectivity index (χ3v) is 1.50. The normalized spacial score (nSPS) is 21.0. The van der Waals surface area contributed by atoms with Crippen LogP contribution in [0.15, 0.2) is 0 Å². The lowest BCUT2D eigenvalue weighted by molar-refractivity contribution is 0.0960. The van der Waals surface area contributed by atoms with Crippen molar-refractivity contribution in [1.29, 1.82) is 0 Å². The first kappa shape index (κ1) is 6.35. The van der Waals surface area contributed by atoms with Crippen molar-refractivity contribution in [3.05, 3.63) is 0 Å². The van der Waals surface area contributed by atoms with E-state index in [0.29, 0.717) is 6.54 Å². The average molecular weight is 130 g/mol. The molecular formula is C5H10N2O2. The standard InChI is InChI=1S/C5H10N2O2/c6-3-5(1-2-5)9-4(7)8/h1-3,6H2,(H2,7,8). The number of amides is 1. The minimum Gasteiger partial charge on any atom is -0.442 e. The number of primary amides is 1. The second kappa shape index (κ2) is 1.88. The van der Waals surface area contributed by atoms with E-state index < -0.39 is 6.09 Å². The van der Waals surface area contributed by atoms with Gasteiger partial charge in [0.15, 0.2) is 0 Å². The minimum atomic E-state index is -0.724. The molecule has 1 rings (SSSR count). The smallest absolute Gasteiger partial charge is 0.405 e. The zero-order valence-electron chi connectivity index (χ0n) is 5.09. The van der Waals surface area contributed by atoms with E-state index in [1.165, 1.54) is 0 Å². The van der Waals surface area contributed by atoms with Gasteiger partial charge in [0, 0.05) is 6.54 Å². The molecule has 0 saturated heterocycles. The van der Waals surface area contributed by atoms with Gasteiger partial charge >= 0.3 is 6.09 Å². The van der Waals surface area contributed by atoms with Gasteiger partial charge in [0.05, 0.1) is 0 Å². The van der Waals surface area contributed by atoms with E-state index in [9.17, 15) is 4.79 Å². The topological polar surface area (TPSA) is 78.3 Å². The third-order valence-electron chi connectivity index (χ3n) is 1.50. The van der Waals surface area contributed by atoms with Crippen LogP contribution in [0.1, 0.15) is 12.8 Å². The van der Waals surface area contributed by atoms with Crippen LogP contribution in [0.2, 0.25) is 0 Å². The lowest BCUT2D eigenvalue weighted by Crippen LogP contribution is -2.30. The number of rotatable bonds is 2. The second-order valence-corrected chi connectivity index (χ2v) is 2.31. The molecule has 1 fully saturated rings. The molecule has 0 radical (unpaired) electrons. The fourth-order valence-electron chi connectivity index (χ4n) is 0.701. The molecule has 0 spiro atoms. The van der Waals surface area contributed by atoms with Crippen molar-refractivity contribution in [3.8, 4) is 0 Å². The SMILES string of the molecule is NCC1(OC(N)=O)CC1. The van der Waals surface area contributed by atoms with Crippen molar-refractivity contribution < 1.29 is 9.53 Å². The molecule has 0 aromatic carbocycles. The highest BCUT2D eigenvalue weighted by atomic mass is 16.6. The average Bonchev–Trinajstić information content (AvgIpc) is 2.48. The van der Waals surface area contributed by atoms with E-state index in [4.69, 9.17) is 16.2 Å². The number of nitrogens with two attached hydrogens (primary N) is 2. The molecule has 0 atom stereocenters. The van der Waals surface area contributed by atoms with Crippen LogP contribution in [-0.2, 0) is 4.74 Å². The predicted octanol–water partition coefficient (Wildman–Crippen LogP) is -0.427. The quantitative estimate of drug-likeness (QED) is 0.532. The van der Waals surface area contributed by atoms with Crippen LogP contribution in [0.4, 0.5) is 4.79 Å². The number of carbonyl (C=O) groups is 1. The van der Waals surface area contributed by atoms with E-state index >= 15 is 0 Å². The number of ether oxygens (including phenoxy) is 1. The summed E-state index contributed by atoms with van der Waals surface area (Å²) in [7, 11) is 0. The molecule has 0 aromatic rings. The Morgan fingerprint density at radius 3 is 2.33 bits per heavy atom. The van der Waals surface area contributed by atoms with Gasteiger partial charge in [-0.2, -0.15) is 0 Å². The first-order chi connectivity index (χ1) is 4.18. The molecule has 4 heteroatoms. The molecule has 1 aliphatic carbocycles. The maximum atomic E-state index is 10.2. The second-order valence-electron chi connectivity index (χ2n) is 2.31. The maximum absolute atomic E-state index is 10.2. The van der Waals surface area contributed by atoms with Crippen LogP contribution in [-0.4, -0.2) is 18.2 Å². The molecular weight excluding hydrogens is 120 g/mol. The van der Waals surface area contributed by atoms with Crippen molar-refractivity contribution in [2.24, 2.45) is 11.5 Å². The third kappa shape index (κ3) is 1.32. The summed E-state index contributed by atoms with van der Waals surface area (Å²) in [4.78, 5) is 10.2. The highest BCUT2D eigenvalue weighted by Crippen LogP contribution is 2.37. The van der Waals surface area contributed by atoms with Crippen LogP contribution in [0.25, 0.3) is 0 Å². The van der Waals surface area contributed by atoms with Gasteiger partial charge in [-0.25, -0.2) is 4.79 Å². The van der Waals surface area contributed by atoms with Gasteiger partial charge in [-0.1, -0.05) is 0 Å². The summed E-state index contributed by atoms with van der Waals surface area (Å²) in [6.45, 7) is 0.385. The van der Waals surface area contributed by atoms with Crippen LogP contribution in [0.5, 0.6) is 0 Å². The summed E-state index contributed by atoms with van der Waals surface area (Å²) in [6.07, 6.45) is 0.983. The van der Waals surface area contributed by atoms with Gasteiger partial charge in [-0.3, -0.25) is 0 Å². The molecule has 4 N–H and O–H groups in total. The molecule has 0 aromatic heterocycles. The van der Waals surface area contributed by atoms with Crippen LogP contribution in [0, 0.1) is 0 Å². The Morgan fingerprint density at radius 1 is 1.67 bits per heavy atom. The van der Waals surface area contributed by atoms with E-state index in [-0.39, 0.29) is 5.60 Å². The van der Waals surface area contributed by atoms with Gasteiger partial charge in [-0.05, 0) is 12.8 Å². The van der Waals surface area contributed by atoms with Gasteiger partial charge in [0.2, 0.25) is 0 Å². The Kier molecular flexibility index (Phi) is 1.32. The Morgan fingerprint density at radius 2 is 2.22 bits per heavy atom. The summed E-state index contributed by atoms with van der Waals surface area (Å²) in [6, 6.07) is 0. The fraction of sp³-hybridized carbons (Fsp3) is 0.800. The first-order valence-electron chi connectivity index (χ1n) is 2.87. The summed E-state index contributed by atoms with van der Waals surface area (Å²) in [5.74, 6) is 0. The minimum absolute atomic E-state index is 0.383. The van der Waals surface area contributed by atoms with E-state index in [0.717, 1.165) is 12.8 Å². The van der Waals surface area contributed by atoms with Gasteiger partial charge in [0.25, 0.3) is 0 Å². The number of carbonyl (C=O) groups excluding carboxylic acids is 1. The molecule has 1 saturated carbocycles. The zero-order chi connectivity index (χ0) is 6.91. The van der Waals surface area contributed by atoms with E-state index in [1.807, 2.05) is 0 Å². The predicted molar refractivity (Wildman–Crippen MR) is 31.7 cm³/mol. The molecule has 0 bridgehead atoms. The van der Waals surface area contributed by atoms with E-state index in [1.54, 1.807) is 0 Å². The number of hydrogen-bond acceptors (Lipinski definition) is 3. The molecule has 4 nitrogen and oxygen atoms in total. The zero-order valence-corrected chi connectivity index (χ0v) is 5.09. The van der Waals surface area contributed by atoms with Crippen molar-refractivity contribution in [2.45, 2.75) is 18.4 Å². The Bertz CT molecular complexity index is 131. The monoisotopic (exact) mass is 130 g/mol. The van der Waals surface area contributed by atoms with Crippen LogP contribution >= 0.6 is 0 Å². The fourth-order valence-corrected chi connectivity index (χ4v) is 0.701. The molecule has 52 valence electrons. The Labute approximate surface area is 53.1 Å². The van der Waals surface area contributed by atoms with Crippen molar-refractivity contribution in [1.82, 2.24) is 0 Å². The first-order valence-corrected chi connectivity index (χ1v) is 2.87. The summed E-state index contributed by atoms with van der Waals surface area (Å²) >= 11 is 0. The maximum Gasteiger partial charge on any atom is 0.405 e. The summed E-state index contributed by atoms with van der Waals surface area (Å²) in [5, 5.41) is 0.